The fourth-order valence-electron chi connectivity index (χ4n) is 4.10. The summed E-state index contributed by atoms with van der Waals surface area (Å²) in [5.41, 5.74) is 6.70. The van der Waals surface area contributed by atoms with Gasteiger partial charge in [0.15, 0.2) is 15.8 Å². The summed E-state index contributed by atoms with van der Waals surface area (Å²) in [7, 11) is 0. The molecular formula is C24H21Cl2F3N6S. The highest BCUT2D eigenvalue weighted by Crippen LogP contribution is 2.46. The van der Waals surface area contributed by atoms with Crippen molar-refractivity contribution >= 4 is 73.2 Å². The molecule has 2 aromatic heterocycles. The fourth-order valence-corrected chi connectivity index (χ4v) is 5.64. The van der Waals surface area contributed by atoms with E-state index in [2.05, 4.69) is 21.8 Å². The molecule has 1 aliphatic rings. The van der Waals surface area contributed by atoms with Crippen molar-refractivity contribution in [3.8, 4) is 0 Å². The summed E-state index contributed by atoms with van der Waals surface area (Å²) in [5.74, 6) is 1.42. The molecule has 188 valence electrons. The standard InChI is InChI=1S/C24H21Cl2F3N6S/c1-13-9-11-34(12-10-13)22-32-20(30)18-21(33-22)36-23(31-18)35(19-16(25)3-2-4-17(19)26)15-7-5-14(6-8-15)24(27,28)29/h2-8,13H,9-12H2,1H3,(H2,30,32,33). The lowest BCUT2D eigenvalue weighted by molar-refractivity contribution is -0.137. The van der Waals surface area contributed by atoms with Crippen LogP contribution in [0.5, 0.6) is 0 Å². The first-order valence-corrected chi connectivity index (χ1v) is 12.8. The Morgan fingerprint density at radius 1 is 1.00 bits per heavy atom. The van der Waals surface area contributed by atoms with Crippen LogP contribution in [0, 0.1) is 5.92 Å². The number of anilines is 5. The molecule has 1 fully saturated rings. The van der Waals surface area contributed by atoms with Crippen LogP contribution in [0.3, 0.4) is 0 Å². The SMILES string of the molecule is CC1CCN(c2nc(N)c3nc(N(c4ccc(C(F)(F)F)cc4)c4c(Cl)cccc4Cl)sc3n2)CC1. The molecule has 0 spiro atoms. The summed E-state index contributed by atoms with van der Waals surface area (Å²) in [6.45, 7) is 3.90. The molecule has 1 aliphatic heterocycles. The first-order valence-electron chi connectivity index (χ1n) is 11.2. The highest BCUT2D eigenvalue weighted by atomic mass is 35.5. The van der Waals surface area contributed by atoms with Crippen LogP contribution < -0.4 is 15.5 Å². The first-order chi connectivity index (χ1) is 17.1. The van der Waals surface area contributed by atoms with Gasteiger partial charge in [-0.3, -0.25) is 4.90 Å². The summed E-state index contributed by atoms with van der Waals surface area (Å²) in [6, 6.07) is 9.70. The molecule has 2 aromatic carbocycles. The molecule has 3 heterocycles. The van der Waals surface area contributed by atoms with E-state index in [0.29, 0.717) is 48.8 Å². The Balaban J connectivity index is 1.62. The van der Waals surface area contributed by atoms with Crippen LogP contribution in [0.15, 0.2) is 42.5 Å². The topological polar surface area (TPSA) is 71.2 Å². The maximum absolute atomic E-state index is 13.2. The van der Waals surface area contributed by atoms with E-state index in [1.165, 1.54) is 23.5 Å². The number of thiazole rings is 1. The summed E-state index contributed by atoms with van der Waals surface area (Å²) < 4.78 is 39.6. The van der Waals surface area contributed by atoms with Crippen molar-refractivity contribution in [1.82, 2.24) is 15.0 Å². The lowest BCUT2D eigenvalue weighted by atomic mass is 10.00. The van der Waals surface area contributed by atoms with Gasteiger partial charge in [0.1, 0.15) is 5.52 Å². The number of nitrogens with zero attached hydrogens (tertiary/aromatic N) is 5. The molecular weight excluding hydrogens is 532 g/mol. The molecule has 36 heavy (non-hydrogen) atoms. The van der Waals surface area contributed by atoms with E-state index < -0.39 is 11.7 Å². The molecule has 5 rings (SSSR count). The van der Waals surface area contributed by atoms with Gasteiger partial charge in [-0.1, -0.05) is 47.5 Å². The predicted molar refractivity (Wildman–Crippen MR) is 140 cm³/mol. The highest BCUT2D eigenvalue weighted by molar-refractivity contribution is 7.22. The van der Waals surface area contributed by atoms with Crippen molar-refractivity contribution in [2.45, 2.75) is 25.9 Å². The average molecular weight is 553 g/mol. The van der Waals surface area contributed by atoms with Gasteiger partial charge in [-0.15, -0.1) is 0 Å². The van der Waals surface area contributed by atoms with E-state index in [1.54, 1.807) is 23.1 Å². The third-order valence-electron chi connectivity index (χ3n) is 6.13. The maximum atomic E-state index is 13.2. The minimum Gasteiger partial charge on any atom is -0.382 e. The number of para-hydroxylation sites is 1. The lowest BCUT2D eigenvalue weighted by Gasteiger charge is -2.30. The molecule has 0 bridgehead atoms. The molecule has 12 heteroatoms. The molecule has 0 aliphatic carbocycles. The molecule has 4 aromatic rings. The third kappa shape index (κ3) is 4.77. The van der Waals surface area contributed by atoms with Crippen LogP contribution in [0.25, 0.3) is 10.3 Å². The van der Waals surface area contributed by atoms with Crippen molar-refractivity contribution in [1.29, 1.82) is 0 Å². The van der Waals surface area contributed by atoms with Crippen molar-refractivity contribution in [3.05, 3.63) is 58.1 Å². The molecule has 1 saturated heterocycles. The zero-order valence-corrected chi connectivity index (χ0v) is 21.4. The second kappa shape index (κ2) is 9.57. The van der Waals surface area contributed by atoms with Crippen LogP contribution in [0.1, 0.15) is 25.3 Å². The number of nitrogens with two attached hydrogens (primary N) is 1. The highest BCUT2D eigenvalue weighted by Gasteiger charge is 2.31. The average Bonchev–Trinajstić information content (AvgIpc) is 3.26. The van der Waals surface area contributed by atoms with E-state index in [4.69, 9.17) is 33.9 Å². The number of alkyl halides is 3. The smallest absolute Gasteiger partial charge is 0.382 e. The quantitative estimate of drug-likeness (QED) is 0.279. The second-order valence-electron chi connectivity index (χ2n) is 8.68. The van der Waals surface area contributed by atoms with E-state index >= 15 is 0 Å². The van der Waals surface area contributed by atoms with Crippen molar-refractivity contribution < 1.29 is 13.2 Å². The zero-order chi connectivity index (χ0) is 25.6. The molecule has 2 N–H and O–H groups in total. The van der Waals surface area contributed by atoms with Gasteiger partial charge in [-0.05, 0) is 55.2 Å². The molecule has 0 amide bonds. The van der Waals surface area contributed by atoms with Gasteiger partial charge in [0, 0.05) is 18.8 Å². The summed E-state index contributed by atoms with van der Waals surface area (Å²) in [5, 5.41) is 1.01. The Kier molecular flexibility index (Phi) is 6.61. The summed E-state index contributed by atoms with van der Waals surface area (Å²) >= 11 is 14.2. The number of hydrogen-bond acceptors (Lipinski definition) is 7. The van der Waals surface area contributed by atoms with Crippen LogP contribution in [-0.2, 0) is 6.18 Å². The Hall–Kier alpha value is -2.82. The normalized spacial score (nSPS) is 15.0. The zero-order valence-electron chi connectivity index (χ0n) is 19.1. The number of halogens is 5. The predicted octanol–water partition coefficient (Wildman–Crippen LogP) is 7.70. The van der Waals surface area contributed by atoms with E-state index in [0.717, 1.165) is 38.1 Å². The Morgan fingerprint density at radius 3 is 2.25 bits per heavy atom. The number of piperidine rings is 1. The van der Waals surface area contributed by atoms with Gasteiger partial charge >= 0.3 is 6.18 Å². The van der Waals surface area contributed by atoms with Gasteiger partial charge in [0.05, 0.1) is 21.3 Å². The number of fused-ring (bicyclic) bond motifs is 1. The van der Waals surface area contributed by atoms with Crippen molar-refractivity contribution in [3.63, 3.8) is 0 Å². The van der Waals surface area contributed by atoms with E-state index in [1.807, 2.05) is 0 Å². The molecule has 0 unspecified atom stereocenters. The molecule has 0 saturated carbocycles. The Labute approximate surface area is 219 Å². The van der Waals surface area contributed by atoms with Gasteiger partial charge in [0.25, 0.3) is 0 Å². The second-order valence-corrected chi connectivity index (χ2v) is 10.4. The number of benzene rings is 2. The summed E-state index contributed by atoms with van der Waals surface area (Å²) in [4.78, 5) is 18.1. The van der Waals surface area contributed by atoms with Gasteiger partial charge in [-0.25, -0.2) is 4.98 Å². The van der Waals surface area contributed by atoms with Crippen LogP contribution in [0.2, 0.25) is 10.0 Å². The molecule has 6 nitrogen and oxygen atoms in total. The van der Waals surface area contributed by atoms with E-state index in [9.17, 15) is 13.2 Å². The number of aromatic nitrogens is 3. The van der Waals surface area contributed by atoms with Gasteiger partial charge in [-0.2, -0.15) is 23.1 Å². The molecule has 0 atom stereocenters. The van der Waals surface area contributed by atoms with Crippen LogP contribution in [-0.4, -0.2) is 28.0 Å². The molecule has 0 radical (unpaired) electrons. The monoisotopic (exact) mass is 552 g/mol. The Bertz CT molecular complexity index is 1380. The van der Waals surface area contributed by atoms with Crippen LogP contribution in [0.4, 0.5) is 41.4 Å². The minimum absolute atomic E-state index is 0.230. The number of rotatable bonds is 4. The van der Waals surface area contributed by atoms with E-state index in [-0.39, 0.29) is 5.82 Å². The van der Waals surface area contributed by atoms with Gasteiger partial charge < -0.3 is 10.6 Å². The fraction of sp³-hybridized carbons (Fsp3) is 0.292. The third-order valence-corrected chi connectivity index (χ3v) is 7.68. The lowest BCUT2D eigenvalue weighted by Crippen LogP contribution is -2.34. The summed E-state index contributed by atoms with van der Waals surface area (Å²) in [6.07, 6.45) is -2.38. The van der Waals surface area contributed by atoms with Crippen LogP contribution >= 0.6 is 34.5 Å². The first kappa shape index (κ1) is 24.9. The number of hydrogen-bond donors (Lipinski definition) is 1. The largest absolute Gasteiger partial charge is 0.416 e. The van der Waals surface area contributed by atoms with Crippen molar-refractivity contribution in [2.75, 3.05) is 28.6 Å². The number of nitrogen functional groups attached to an aromatic ring is 1. The minimum atomic E-state index is -4.46. The van der Waals surface area contributed by atoms with Crippen molar-refractivity contribution in [2.24, 2.45) is 5.92 Å². The van der Waals surface area contributed by atoms with Gasteiger partial charge in [0.2, 0.25) is 5.95 Å². The Morgan fingerprint density at radius 2 is 1.64 bits per heavy atom. The maximum Gasteiger partial charge on any atom is 0.416 e.